The van der Waals surface area contributed by atoms with Crippen LogP contribution in [0, 0.1) is 21.7 Å². The third kappa shape index (κ3) is 27.2. The Kier molecular flexibility index (Phi) is 35.3. The van der Waals surface area contributed by atoms with Gasteiger partial charge in [-0.05, 0) is 243 Å². The minimum Gasteiger partial charge on any atom is -0.460 e. The normalized spacial score (nSPS) is 26.6. The first kappa shape index (κ1) is 99.2. The Morgan fingerprint density at radius 3 is 1.06 bits per heavy atom. The fourth-order valence-corrected chi connectivity index (χ4v) is 17.6. The maximum absolute atomic E-state index is 13.4. The van der Waals surface area contributed by atoms with Gasteiger partial charge in [0.25, 0.3) is 0 Å². The number of aryl methyl sites for hydroxylation is 1. The smallest absolute Gasteiger partial charge is 0.355 e. The summed E-state index contributed by atoms with van der Waals surface area (Å²) in [5, 5.41) is 6.67. The molecular weight excluding hydrogens is 1610 g/mol. The lowest BCUT2D eigenvalue weighted by molar-refractivity contribution is -0.156. The van der Waals surface area contributed by atoms with Crippen LogP contribution >= 0.6 is 0 Å². The topological polar surface area (TPSA) is 308 Å². The highest BCUT2D eigenvalue weighted by Gasteiger charge is 2.61. The van der Waals surface area contributed by atoms with Crippen LogP contribution < -0.4 is 10.6 Å². The Labute approximate surface area is 748 Å². The molecule has 8 aliphatic rings. The number of allylic oxidation sites excluding steroid dienone is 14. The predicted molar refractivity (Wildman–Crippen MR) is 487 cm³/mol. The number of Topliss-reactive ketones (excluding diaryl/α,β-unsaturated/α-hetero) is 2. The fraction of sp³-hybridized carbons (Fsp3) is 0.481. The zero-order chi connectivity index (χ0) is 92.7. The van der Waals surface area contributed by atoms with E-state index in [0.29, 0.717) is 17.2 Å². The highest BCUT2D eigenvalue weighted by atomic mass is 16.6. The molecule has 5 heterocycles. The third-order valence-electron chi connectivity index (χ3n) is 24.5. The van der Waals surface area contributed by atoms with Crippen LogP contribution in [0.3, 0.4) is 0 Å². The molecule has 23 nitrogen and oxygen atoms in total. The summed E-state index contributed by atoms with van der Waals surface area (Å²) in [5.74, 6) is -3.27. The summed E-state index contributed by atoms with van der Waals surface area (Å²) < 4.78 is 46.7. The number of rotatable bonds is 27. The molecule has 4 saturated heterocycles. The van der Waals surface area contributed by atoms with E-state index in [1.807, 2.05) is 125 Å². The lowest BCUT2D eigenvalue weighted by atomic mass is 9.65. The van der Waals surface area contributed by atoms with Gasteiger partial charge in [-0.25, -0.2) is 9.59 Å². The van der Waals surface area contributed by atoms with Crippen LogP contribution in [0.5, 0.6) is 0 Å². The molecule has 0 radical (unpaired) electrons. The fourth-order valence-electron chi connectivity index (χ4n) is 17.6. The number of benzene rings is 3. The summed E-state index contributed by atoms with van der Waals surface area (Å²) in [6.07, 6.45) is 27.4. The highest BCUT2D eigenvalue weighted by Crippen LogP contribution is 2.51. The van der Waals surface area contributed by atoms with E-state index in [1.54, 1.807) is 54.2 Å². The Balaban J connectivity index is 0.000000191. The summed E-state index contributed by atoms with van der Waals surface area (Å²) in [6, 6.07) is 29.1. The average molecular weight is 1740 g/mol. The number of nitrogens with zero attached hydrogens (tertiary/aromatic N) is 1. The van der Waals surface area contributed by atoms with Crippen molar-refractivity contribution in [3.05, 3.63) is 238 Å². The van der Waals surface area contributed by atoms with E-state index in [4.69, 9.17) is 37.9 Å². The molecule has 1 aromatic heterocycles. The average Bonchev–Trinajstić information content (AvgIpc) is 1.90. The monoisotopic (exact) mass is 1740 g/mol. The Hall–Kier alpha value is -11.6. The van der Waals surface area contributed by atoms with Crippen molar-refractivity contribution in [1.29, 1.82) is 0 Å². The number of hydrogen-bond acceptors (Lipinski definition) is 22. The molecule has 0 bridgehead atoms. The van der Waals surface area contributed by atoms with Crippen LogP contribution in [0.1, 0.15) is 259 Å². The molecule has 0 amide bonds. The van der Waals surface area contributed by atoms with E-state index in [9.17, 15) is 57.5 Å². The van der Waals surface area contributed by atoms with Crippen molar-refractivity contribution in [1.82, 2.24) is 4.57 Å². The van der Waals surface area contributed by atoms with Crippen LogP contribution in [-0.2, 0) is 92.9 Å². The quantitative estimate of drug-likeness (QED) is 0.0318. The molecule has 23 heteroatoms. The minimum absolute atomic E-state index is 0.00318. The van der Waals surface area contributed by atoms with E-state index in [2.05, 4.69) is 104 Å². The summed E-state index contributed by atoms with van der Waals surface area (Å²) in [7, 11) is 1.76. The second-order valence-corrected chi connectivity index (χ2v) is 36.5. The van der Waals surface area contributed by atoms with Gasteiger partial charge < -0.3 is 53.1 Å². The van der Waals surface area contributed by atoms with Crippen molar-refractivity contribution in [3.63, 3.8) is 0 Å². The first-order chi connectivity index (χ1) is 60.2. The van der Waals surface area contributed by atoms with Gasteiger partial charge in [0.05, 0.1) is 65.0 Å². The van der Waals surface area contributed by atoms with Crippen LogP contribution in [-0.4, -0.2) is 136 Å². The van der Waals surface area contributed by atoms with Gasteiger partial charge in [0, 0.05) is 77.0 Å². The van der Waals surface area contributed by atoms with Crippen LogP contribution in [0.15, 0.2) is 221 Å². The Morgan fingerprint density at radius 1 is 0.417 bits per heavy atom. The SMILES string of the molecule is CC(=O)O[C@H]1CC2(CC(=O)O[C@@H]2/C=C(\C)CCC=C(C)C)C(=O)C[C@@H]1Nc1ccccc1.CC(=O)O[C@H]1CC2(CC(=O)O[C@@H]2/C=C(\C)CCC=C(C)C)C(=O)C[C@H]1Nc1ccccc1.CC(C)=CCC/C(C)=C/[C@H]1OC(=O)CC12C[C@H](OC(=O)c1ccc(C(C)C)cc1)C=CC2=O.CC(C)=CCC/C(C)=C/[C@H]1OC(=O)CC12C[C@H](OC(=O)c1cccn1C)C=CC2=O. The first-order valence-electron chi connectivity index (χ1n) is 44.3. The summed E-state index contributed by atoms with van der Waals surface area (Å²) in [4.78, 5) is 151. The maximum Gasteiger partial charge on any atom is 0.355 e. The van der Waals surface area contributed by atoms with Gasteiger partial charge >= 0.3 is 47.8 Å². The number of esters is 8. The zero-order valence-electron chi connectivity index (χ0n) is 76.9. The van der Waals surface area contributed by atoms with Crippen molar-refractivity contribution >= 4 is 82.3 Å². The summed E-state index contributed by atoms with van der Waals surface area (Å²) in [6.45, 7) is 31.3. The van der Waals surface area contributed by atoms with E-state index in [0.717, 1.165) is 90.6 Å². The van der Waals surface area contributed by atoms with E-state index in [-0.39, 0.29) is 111 Å². The van der Waals surface area contributed by atoms with E-state index < -0.39 is 106 Å². The van der Waals surface area contributed by atoms with Crippen molar-refractivity contribution in [2.45, 2.75) is 293 Å². The van der Waals surface area contributed by atoms with Crippen LogP contribution in [0.25, 0.3) is 0 Å². The van der Waals surface area contributed by atoms with Gasteiger partial charge in [-0.2, -0.15) is 0 Å². The zero-order valence-corrected chi connectivity index (χ0v) is 76.9. The van der Waals surface area contributed by atoms with Crippen molar-refractivity contribution < 1.29 is 95.4 Å². The van der Waals surface area contributed by atoms with E-state index >= 15 is 0 Å². The van der Waals surface area contributed by atoms with E-state index in [1.165, 1.54) is 48.3 Å². The number of carbonyl (C=O) groups is 12. The molecule has 4 aliphatic heterocycles. The molecule has 4 spiro atoms. The van der Waals surface area contributed by atoms with Crippen molar-refractivity contribution in [3.8, 4) is 0 Å². The Morgan fingerprint density at radius 2 is 0.748 bits per heavy atom. The first-order valence-corrected chi connectivity index (χ1v) is 44.3. The molecule has 680 valence electrons. The van der Waals surface area contributed by atoms with Gasteiger partial charge in [-0.1, -0.05) is 131 Å². The van der Waals surface area contributed by atoms with Crippen LogP contribution in [0.2, 0.25) is 0 Å². The lowest BCUT2D eigenvalue weighted by Crippen LogP contribution is -2.54. The van der Waals surface area contributed by atoms with Gasteiger partial charge in [0.1, 0.15) is 66.1 Å². The molecule has 4 unspecified atom stereocenters. The molecular formula is C104H129N3O20. The molecule has 127 heavy (non-hydrogen) atoms. The molecule has 12 rings (SSSR count). The number of para-hydroxylation sites is 2. The number of hydrogen-bond donors (Lipinski definition) is 2. The van der Waals surface area contributed by atoms with Gasteiger partial charge in [0.2, 0.25) is 0 Å². The molecule has 4 aliphatic carbocycles. The number of aromatic nitrogens is 1. The number of ketones is 4. The highest BCUT2D eigenvalue weighted by molar-refractivity contribution is 6.02. The summed E-state index contributed by atoms with van der Waals surface area (Å²) >= 11 is 0. The number of carbonyl (C=O) groups excluding carboxylic acids is 12. The molecule has 6 fully saturated rings. The third-order valence-corrected chi connectivity index (χ3v) is 24.5. The summed E-state index contributed by atoms with van der Waals surface area (Å²) in [5.41, 5.74) is 8.97. The maximum atomic E-state index is 13.4. The predicted octanol–water partition coefficient (Wildman–Crippen LogP) is 19.4. The number of anilines is 2. The molecule has 4 aromatic rings. The molecule has 2 N–H and O–H groups in total. The molecule has 3 aromatic carbocycles. The van der Waals surface area contributed by atoms with Crippen molar-refractivity contribution in [2.75, 3.05) is 10.6 Å². The number of ether oxygens (including phenoxy) is 8. The van der Waals surface area contributed by atoms with Gasteiger partial charge in [-0.3, -0.25) is 47.9 Å². The van der Waals surface area contributed by atoms with Gasteiger partial charge in [0.15, 0.2) is 11.6 Å². The van der Waals surface area contributed by atoms with Gasteiger partial charge in [-0.15, -0.1) is 0 Å². The largest absolute Gasteiger partial charge is 0.460 e. The second-order valence-electron chi connectivity index (χ2n) is 36.5. The standard InChI is InChI=1S/C28H34O5.2C26H33NO5.C24H29NO5/c1-18(2)7-6-8-20(5)15-25-28(17-26(30)33-25)16-23(13-14-24(28)29)32-27(31)22-11-9-21(10-12-22)19(3)4;2*1-17(2)9-8-10-18(3)13-24-26(16-25(30)32-24)15-22(31-19(4)28)21(14-23(26)29)27-20-11-6-5-7-12-20;1-16(2)7-5-8-17(3)13-21-24(15-22(27)30-21)14-18(10-11-20(24)26)29-23(28)19-9-6-12-25(19)4/h7,9-15,19,23,25H,6,8,16-17H2,1-5H3;2*5-7,9,11-13,21-22,24,27H,8,10,14-16H2,1-4H3;6-7,9-13,18,21H,5,8,14-15H2,1-4H3/b20-15+;2*18-13+;17-13+/t23-,25-,28?;21-,22+,24-,26?;21-,22-,24+,26?;18-,21-,24?/m1101/s1. The molecule has 14 atom stereocenters. The molecule has 2 saturated carbocycles. The number of nitrogens with one attached hydrogen (secondary N) is 2. The second kappa shape index (κ2) is 45.2. The van der Waals surface area contributed by atoms with Crippen LogP contribution in [0.4, 0.5) is 11.4 Å². The van der Waals surface area contributed by atoms with Crippen molar-refractivity contribution in [2.24, 2.45) is 28.7 Å². The minimum atomic E-state index is -1.03. The Bertz CT molecular complexity index is 4840. The lowest BCUT2D eigenvalue weighted by Gasteiger charge is -2.42. The number of cyclic esters (lactones) is 4.